The van der Waals surface area contributed by atoms with E-state index in [1.54, 1.807) is 0 Å². The molecule has 0 bridgehead atoms. The van der Waals surface area contributed by atoms with Gasteiger partial charge in [0.15, 0.2) is 0 Å². The first-order valence-electron chi connectivity index (χ1n) is 4.72. The predicted molar refractivity (Wildman–Crippen MR) is 54.9 cm³/mol. The van der Waals surface area contributed by atoms with Crippen LogP contribution in [0.1, 0.15) is 33.6 Å². The molecule has 0 N–H and O–H groups in total. The topological polar surface area (TPSA) is 43.4 Å². The molecule has 0 amide bonds. The lowest BCUT2D eigenvalue weighted by atomic mass is 9.96. The minimum atomic E-state index is -0.458. The summed E-state index contributed by atoms with van der Waals surface area (Å²) in [6.07, 6.45) is 2.57. The van der Waals surface area contributed by atoms with Crippen LogP contribution in [0, 0.1) is 5.92 Å². The Morgan fingerprint density at radius 2 is 2.00 bits per heavy atom. The van der Waals surface area contributed by atoms with Crippen LogP contribution in [0.5, 0.6) is 0 Å². The number of carbonyl (C=O) groups is 2. The number of allylic oxidation sites excluding steroid dienone is 2. The minimum Gasteiger partial charge on any atom is -0.469 e. The molecule has 3 nitrogen and oxygen atoms in total. The largest absolute Gasteiger partial charge is 0.469 e. The number of carbonyl (C=O) groups excluding carboxylic acids is 2. The first-order valence-corrected chi connectivity index (χ1v) is 4.72. The number of ether oxygens (including phenoxy) is 1. The highest BCUT2D eigenvalue weighted by Crippen LogP contribution is 2.13. The molecule has 0 saturated carbocycles. The van der Waals surface area contributed by atoms with Gasteiger partial charge in [-0.1, -0.05) is 18.6 Å². The van der Waals surface area contributed by atoms with E-state index in [9.17, 15) is 9.59 Å². The van der Waals surface area contributed by atoms with E-state index in [0.717, 1.165) is 5.57 Å². The summed E-state index contributed by atoms with van der Waals surface area (Å²) in [7, 11) is 1.29. The lowest BCUT2D eigenvalue weighted by Crippen LogP contribution is -2.16. The van der Waals surface area contributed by atoms with Crippen molar-refractivity contribution in [3.8, 4) is 0 Å². The third kappa shape index (κ3) is 4.80. The third-order valence-corrected chi connectivity index (χ3v) is 2.22. The van der Waals surface area contributed by atoms with E-state index in [1.165, 1.54) is 7.11 Å². The molecule has 0 aliphatic heterocycles. The lowest BCUT2D eigenvalue weighted by molar-refractivity contribution is -0.144. The second-order valence-corrected chi connectivity index (χ2v) is 3.46. The van der Waals surface area contributed by atoms with Gasteiger partial charge in [-0.15, -0.1) is 0 Å². The maximum atomic E-state index is 11.4. The fourth-order valence-electron chi connectivity index (χ4n) is 1.10. The summed E-state index contributed by atoms with van der Waals surface area (Å²) in [6.45, 7) is 5.74. The zero-order chi connectivity index (χ0) is 11.1. The molecule has 0 aliphatic carbocycles. The Kier molecular flexibility index (Phi) is 5.84. The molecular weight excluding hydrogens is 180 g/mol. The minimum absolute atomic E-state index is 0.0574. The number of hydrogen-bond acceptors (Lipinski definition) is 3. The fraction of sp³-hybridized carbons (Fsp3) is 0.636. The average Bonchev–Trinajstić information content (AvgIpc) is 2.17. The van der Waals surface area contributed by atoms with Crippen LogP contribution < -0.4 is 0 Å². The number of esters is 1. The number of Topliss-reactive ketones (excluding diaryl/α,β-unsaturated/α-hetero) is 1. The van der Waals surface area contributed by atoms with Crippen molar-refractivity contribution in [1.82, 2.24) is 0 Å². The van der Waals surface area contributed by atoms with Gasteiger partial charge < -0.3 is 4.74 Å². The monoisotopic (exact) mass is 198 g/mol. The number of methoxy groups -OCH3 is 1. The molecule has 0 aliphatic rings. The second kappa shape index (κ2) is 6.35. The van der Waals surface area contributed by atoms with Gasteiger partial charge in [0.25, 0.3) is 0 Å². The van der Waals surface area contributed by atoms with Crippen molar-refractivity contribution >= 4 is 11.8 Å². The van der Waals surface area contributed by atoms with E-state index < -0.39 is 5.97 Å². The van der Waals surface area contributed by atoms with Crippen molar-refractivity contribution in [2.45, 2.75) is 33.6 Å². The van der Waals surface area contributed by atoms with Crippen molar-refractivity contribution in [3.63, 3.8) is 0 Å². The standard InChI is InChI=1S/C11H18O3/c1-5-8(2)6-9(3)10(12)7-11(13)14-4/h5,9H,6-7H2,1-4H3/b8-5+. The van der Waals surface area contributed by atoms with Gasteiger partial charge in [0, 0.05) is 5.92 Å². The zero-order valence-corrected chi connectivity index (χ0v) is 9.29. The highest BCUT2D eigenvalue weighted by molar-refractivity contribution is 5.96. The van der Waals surface area contributed by atoms with E-state index in [4.69, 9.17) is 0 Å². The van der Waals surface area contributed by atoms with Gasteiger partial charge >= 0.3 is 5.97 Å². The average molecular weight is 198 g/mol. The van der Waals surface area contributed by atoms with Gasteiger partial charge in [-0.05, 0) is 20.3 Å². The Morgan fingerprint density at radius 1 is 1.43 bits per heavy atom. The molecular formula is C11H18O3. The Hall–Kier alpha value is -1.12. The van der Waals surface area contributed by atoms with Gasteiger partial charge in [0.05, 0.1) is 7.11 Å². The summed E-state index contributed by atoms with van der Waals surface area (Å²) in [6, 6.07) is 0. The van der Waals surface area contributed by atoms with Gasteiger partial charge in [-0.3, -0.25) is 9.59 Å². The van der Waals surface area contributed by atoms with E-state index >= 15 is 0 Å². The van der Waals surface area contributed by atoms with Crippen LogP contribution in [0.2, 0.25) is 0 Å². The van der Waals surface area contributed by atoms with E-state index in [1.807, 2.05) is 26.8 Å². The highest BCUT2D eigenvalue weighted by atomic mass is 16.5. The quantitative estimate of drug-likeness (QED) is 0.386. The molecule has 14 heavy (non-hydrogen) atoms. The SMILES string of the molecule is C/C=C(\C)CC(C)C(=O)CC(=O)OC. The van der Waals surface area contributed by atoms with Crippen molar-refractivity contribution < 1.29 is 14.3 Å². The molecule has 0 spiro atoms. The number of hydrogen-bond donors (Lipinski definition) is 0. The summed E-state index contributed by atoms with van der Waals surface area (Å²) in [5.41, 5.74) is 1.16. The summed E-state index contributed by atoms with van der Waals surface area (Å²) < 4.78 is 4.43. The molecule has 0 aromatic heterocycles. The lowest BCUT2D eigenvalue weighted by Gasteiger charge is -2.09. The molecule has 3 heteroatoms. The van der Waals surface area contributed by atoms with Crippen LogP contribution in [0.3, 0.4) is 0 Å². The molecule has 0 saturated heterocycles. The normalized spacial score (nSPS) is 13.6. The van der Waals surface area contributed by atoms with Crippen molar-refractivity contribution in [1.29, 1.82) is 0 Å². The third-order valence-electron chi connectivity index (χ3n) is 2.22. The van der Waals surface area contributed by atoms with Crippen LogP contribution in [0.15, 0.2) is 11.6 Å². The maximum Gasteiger partial charge on any atom is 0.313 e. The highest BCUT2D eigenvalue weighted by Gasteiger charge is 2.16. The zero-order valence-electron chi connectivity index (χ0n) is 9.29. The first-order chi connectivity index (χ1) is 6.51. The van der Waals surface area contributed by atoms with Crippen LogP contribution >= 0.6 is 0 Å². The molecule has 1 unspecified atom stereocenters. The number of ketones is 1. The number of rotatable bonds is 5. The van der Waals surface area contributed by atoms with Gasteiger partial charge in [0.1, 0.15) is 12.2 Å². The molecule has 0 radical (unpaired) electrons. The first kappa shape index (κ1) is 12.9. The Morgan fingerprint density at radius 3 is 2.43 bits per heavy atom. The second-order valence-electron chi connectivity index (χ2n) is 3.46. The molecule has 0 heterocycles. The Bertz CT molecular complexity index is 241. The Balaban J connectivity index is 4.06. The fourth-order valence-corrected chi connectivity index (χ4v) is 1.10. The van der Waals surface area contributed by atoms with Crippen LogP contribution in [-0.4, -0.2) is 18.9 Å². The maximum absolute atomic E-state index is 11.4. The van der Waals surface area contributed by atoms with E-state index in [-0.39, 0.29) is 18.1 Å². The van der Waals surface area contributed by atoms with Crippen molar-refractivity contribution in [2.75, 3.05) is 7.11 Å². The van der Waals surface area contributed by atoms with Gasteiger partial charge in [-0.25, -0.2) is 0 Å². The summed E-state index contributed by atoms with van der Waals surface area (Å²) in [5.74, 6) is -0.622. The molecule has 80 valence electrons. The molecule has 0 aromatic carbocycles. The predicted octanol–water partition coefficient (Wildman–Crippen LogP) is 2.11. The summed E-state index contributed by atoms with van der Waals surface area (Å²) >= 11 is 0. The summed E-state index contributed by atoms with van der Waals surface area (Å²) in [4.78, 5) is 22.3. The van der Waals surface area contributed by atoms with Crippen LogP contribution in [-0.2, 0) is 14.3 Å². The van der Waals surface area contributed by atoms with Gasteiger partial charge in [0.2, 0.25) is 0 Å². The molecule has 0 aromatic rings. The van der Waals surface area contributed by atoms with Crippen LogP contribution in [0.25, 0.3) is 0 Å². The van der Waals surface area contributed by atoms with Gasteiger partial charge in [-0.2, -0.15) is 0 Å². The molecule has 0 fully saturated rings. The van der Waals surface area contributed by atoms with E-state index in [2.05, 4.69) is 4.74 Å². The van der Waals surface area contributed by atoms with Crippen molar-refractivity contribution in [3.05, 3.63) is 11.6 Å². The smallest absolute Gasteiger partial charge is 0.313 e. The summed E-state index contributed by atoms with van der Waals surface area (Å²) in [5, 5.41) is 0. The van der Waals surface area contributed by atoms with Crippen molar-refractivity contribution in [2.24, 2.45) is 5.92 Å². The van der Waals surface area contributed by atoms with E-state index in [0.29, 0.717) is 6.42 Å². The Labute approximate surface area is 85.1 Å². The molecule has 1 atom stereocenters. The van der Waals surface area contributed by atoms with Crippen LogP contribution in [0.4, 0.5) is 0 Å². The molecule has 0 rings (SSSR count).